The largest absolute Gasteiger partial charge is 0.457 e. The third-order valence-electron chi connectivity index (χ3n) is 3.91. The molecule has 1 heterocycles. The quantitative estimate of drug-likeness (QED) is 0.923. The molecule has 126 valence electrons. The monoisotopic (exact) mass is 345 g/mol. The number of para-hydroxylation sites is 1. The number of carbonyl (C=O) groups excluding carboxylic acids is 1. The van der Waals surface area contributed by atoms with E-state index in [9.17, 15) is 13.2 Å². The van der Waals surface area contributed by atoms with Crippen LogP contribution in [0.4, 0.5) is 5.69 Å². The lowest BCUT2D eigenvalue weighted by atomic mass is 10.0. The van der Waals surface area contributed by atoms with Crippen LogP contribution >= 0.6 is 0 Å². The Morgan fingerprint density at radius 1 is 1.04 bits per heavy atom. The average Bonchev–Trinajstić information content (AvgIpc) is 2.55. The van der Waals surface area contributed by atoms with Gasteiger partial charge in [0.15, 0.2) is 9.84 Å². The van der Waals surface area contributed by atoms with E-state index < -0.39 is 15.8 Å². The molecule has 0 spiro atoms. The van der Waals surface area contributed by atoms with Crippen molar-refractivity contribution in [2.75, 3.05) is 16.8 Å². The van der Waals surface area contributed by atoms with Crippen molar-refractivity contribution < 1.29 is 17.9 Å². The highest BCUT2D eigenvalue weighted by Gasteiger charge is 2.29. The van der Waals surface area contributed by atoms with E-state index in [2.05, 4.69) is 5.32 Å². The molecule has 2 aromatic rings. The first-order valence-electron chi connectivity index (χ1n) is 7.86. The van der Waals surface area contributed by atoms with E-state index in [1.807, 2.05) is 30.3 Å². The summed E-state index contributed by atoms with van der Waals surface area (Å²) in [4.78, 5) is 12.3. The van der Waals surface area contributed by atoms with Gasteiger partial charge in [0, 0.05) is 11.8 Å². The molecule has 3 rings (SSSR count). The summed E-state index contributed by atoms with van der Waals surface area (Å²) < 4.78 is 29.1. The van der Waals surface area contributed by atoms with Gasteiger partial charge >= 0.3 is 0 Å². The maximum Gasteiger partial charge on any atom is 0.228 e. The molecule has 1 atom stereocenters. The second-order valence-corrected chi connectivity index (χ2v) is 8.11. The zero-order valence-corrected chi connectivity index (χ0v) is 14.0. The summed E-state index contributed by atoms with van der Waals surface area (Å²) in [6, 6.07) is 16.4. The molecule has 0 unspecified atom stereocenters. The highest BCUT2D eigenvalue weighted by Crippen LogP contribution is 2.25. The Morgan fingerprint density at radius 3 is 2.54 bits per heavy atom. The number of amides is 1. The summed E-state index contributed by atoms with van der Waals surface area (Å²) in [5.41, 5.74) is 0.594. The molecule has 0 aromatic heterocycles. The first-order valence-corrected chi connectivity index (χ1v) is 9.68. The van der Waals surface area contributed by atoms with Crippen molar-refractivity contribution in [3.05, 3.63) is 54.6 Å². The summed E-state index contributed by atoms with van der Waals surface area (Å²) in [5.74, 6) is 0.683. The van der Waals surface area contributed by atoms with Crippen LogP contribution in [-0.4, -0.2) is 25.8 Å². The van der Waals surface area contributed by atoms with Gasteiger partial charge in [-0.1, -0.05) is 24.3 Å². The number of ether oxygens (including phenoxy) is 1. The Labute approximate surface area is 141 Å². The van der Waals surface area contributed by atoms with Gasteiger partial charge in [0.25, 0.3) is 0 Å². The van der Waals surface area contributed by atoms with Gasteiger partial charge in [-0.25, -0.2) is 8.42 Å². The van der Waals surface area contributed by atoms with E-state index in [0.717, 1.165) is 0 Å². The molecule has 5 nitrogen and oxygen atoms in total. The second kappa shape index (κ2) is 7.05. The third kappa shape index (κ3) is 4.35. The molecule has 1 amide bonds. The van der Waals surface area contributed by atoms with Crippen LogP contribution in [0.1, 0.15) is 12.8 Å². The van der Waals surface area contributed by atoms with Crippen molar-refractivity contribution in [1.29, 1.82) is 0 Å². The van der Waals surface area contributed by atoms with Gasteiger partial charge in [-0.2, -0.15) is 0 Å². The number of sulfone groups is 1. The number of carbonyl (C=O) groups is 1. The van der Waals surface area contributed by atoms with Gasteiger partial charge in [0.1, 0.15) is 11.5 Å². The molecule has 6 heteroatoms. The van der Waals surface area contributed by atoms with E-state index in [0.29, 0.717) is 30.0 Å². The van der Waals surface area contributed by atoms with Gasteiger partial charge in [0.05, 0.1) is 17.4 Å². The number of rotatable bonds is 4. The molecule has 1 aliphatic heterocycles. The van der Waals surface area contributed by atoms with Gasteiger partial charge in [-0.3, -0.25) is 4.79 Å². The van der Waals surface area contributed by atoms with Crippen molar-refractivity contribution in [3.63, 3.8) is 0 Å². The number of nitrogens with one attached hydrogen (secondary N) is 1. The van der Waals surface area contributed by atoms with Crippen LogP contribution in [0.15, 0.2) is 54.6 Å². The summed E-state index contributed by atoms with van der Waals surface area (Å²) in [6.45, 7) is 0. The average molecular weight is 345 g/mol. The zero-order chi connectivity index (χ0) is 17.0. The lowest BCUT2D eigenvalue weighted by Crippen LogP contribution is -2.34. The van der Waals surface area contributed by atoms with Crippen LogP contribution in [0.25, 0.3) is 0 Å². The van der Waals surface area contributed by atoms with Gasteiger partial charge in [0.2, 0.25) is 5.91 Å². The van der Waals surface area contributed by atoms with Crippen LogP contribution in [0.5, 0.6) is 11.5 Å². The van der Waals surface area contributed by atoms with Crippen molar-refractivity contribution in [2.45, 2.75) is 12.8 Å². The smallest absolute Gasteiger partial charge is 0.228 e. The van der Waals surface area contributed by atoms with Crippen molar-refractivity contribution in [3.8, 4) is 11.5 Å². The first kappa shape index (κ1) is 16.5. The maximum atomic E-state index is 12.3. The van der Waals surface area contributed by atoms with Gasteiger partial charge in [-0.05, 0) is 37.1 Å². The summed E-state index contributed by atoms with van der Waals surface area (Å²) in [6.07, 6.45) is 1.14. The molecule has 24 heavy (non-hydrogen) atoms. The highest BCUT2D eigenvalue weighted by atomic mass is 32.2. The highest BCUT2D eigenvalue weighted by molar-refractivity contribution is 7.91. The minimum atomic E-state index is -3.10. The Kier molecular flexibility index (Phi) is 4.85. The number of anilines is 1. The zero-order valence-electron chi connectivity index (χ0n) is 13.1. The summed E-state index contributed by atoms with van der Waals surface area (Å²) in [7, 11) is -3.10. The molecule has 2 aromatic carbocycles. The van der Waals surface area contributed by atoms with E-state index in [1.54, 1.807) is 24.3 Å². The van der Waals surface area contributed by atoms with Crippen LogP contribution in [0.2, 0.25) is 0 Å². The van der Waals surface area contributed by atoms with E-state index >= 15 is 0 Å². The fourth-order valence-corrected chi connectivity index (χ4v) is 4.44. The van der Waals surface area contributed by atoms with Crippen LogP contribution in [-0.2, 0) is 14.6 Å². The molecule has 0 radical (unpaired) electrons. The van der Waals surface area contributed by atoms with Crippen molar-refractivity contribution in [2.24, 2.45) is 5.92 Å². The predicted molar refractivity (Wildman–Crippen MR) is 93.0 cm³/mol. The minimum Gasteiger partial charge on any atom is -0.457 e. The molecule has 1 saturated heterocycles. The van der Waals surface area contributed by atoms with Crippen LogP contribution < -0.4 is 10.1 Å². The Morgan fingerprint density at radius 2 is 1.79 bits per heavy atom. The molecular weight excluding hydrogens is 326 g/mol. The van der Waals surface area contributed by atoms with Crippen LogP contribution in [0, 0.1) is 5.92 Å². The SMILES string of the molecule is O=C(Nc1cccc(Oc2ccccc2)c1)[C@@H]1CCCS(=O)(=O)C1. The number of hydrogen-bond acceptors (Lipinski definition) is 4. The summed E-state index contributed by atoms with van der Waals surface area (Å²) >= 11 is 0. The minimum absolute atomic E-state index is 0.0704. The van der Waals surface area contributed by atoms with Crippen molar-refractivity contribution >= 4 is 21.4 Å². The van der Waals surface area contributed by atoms with Crippen LogP contribution in [0.3, 0.4) is 0 Å². The molecule has 0 bridgehead atoms. The van der Waals surface area contributed by atoms with E-state index in [-0.39, 0.29) is 17.4 Å². The van der Waals surface area contributed by atoms with E-state index in [1.165, 1.54) is 0 Å². The standard InChI is InChI=1S/C18H19NO4S/c20-18(14-6-5-11-24(21,22)13-14)19-15-7-4-10-17(12-15)23-16-8-2-1-3-9-16/h1-4,7-10,12,14H,5-6,11,13H2,(H,19,20)/t14-/m1/s1. The Bertz CT molecular complexity index is 818. The molecule has 1 aliphatic rings. The lowest BCUT2D eigenvalue weighted by molar-refractivity contribution is -0.119. The summed E-state index contributed by atoms with van der Waals surface area (Å²) in [5, 5.41) is 2.79. The number of benzene rings is 2. The molecule has 1 N–H and O–H groups in total. The van der Waals surface area contributed by atoms with E-state index in [4.69, 9.17) is 4.74 Å². The second-order valence-electron chi connectivity index (χ2n) is 5.89. The molecule has 0 aliphatic carbocycles. The first-order chi connectivity index (χ1) is 11.5. The van der Waals surface area contributed by atoms with Gasteiger partial charge in [-0.15, -0.1) is 0 Å². The number of hydrogen-bond donors (Lipinski definition) is 1. The maximum absolute atomic E-state index is 12.3. The fourth-order valence-electron chi connectivity index (χ4n) is 2.74. The molecular formula is C18H19NO4S. The topological polar surface area (TPSA) is 72.5 Å². The third-order valence-corrected chi connectivity index (χ3v) is 5.74. The Hall–Kier alpha value is -2.34. The lowest BCUT2D eigenvalue weighted by Gasteiger charge is -2.21. The fraction of sp³-hybridized carbons (Fsp3) is 0.278. The Balaban J connectivity index is 1.67. The molecule has 1 fully saturated rings. The predicted octanol–water partition coefficient (Wildman–Crippen LogP) is 3.24. The normalized spacial score (nSPS) is 19.4. The van der Waals surface area contributed by atoms with Gasteiger partial charge < -0.3 is 10.1 Å². The van der Waals surface area contributed by atoms with Crippen molar-refractivity contribution in [1.82, 2.24) is 0 Å². The molecule has 0 saturated carbocycles.